The number of nitrogens with two attached hydrogens (primary N) is 1. The highest BCUT2D eigenvalue weighted by Crippen LogP contribution is 2.34. The van der Waals surface area contributed by atoms with Gasteiger partial charge < -0.3 is 45.1 Å². The Morgan fingerprint density at radius 2 is 1.74 bits per heavy atom. The van der Waals surface area contributed by atoms with Gasteiger partial charge >= 0.3 is 13.3 Å². The minimum absolute atomic E-state index is 0.00775. The molecule has 0 bridgehead atoms. The van der Waals surface area contributed by atoms with Crippen molar-refractivity contribution in [3.8, 4) is 28.4 Å². The maximum atomic E-state index is 12.4. The summed E-state index contributed by atoms with van der Waals surface area (Å²) in [6.07, 6.45) is 0.875. The first-order chi connectivity index (χ1) is 17.9. The van der Waals surface area contributed by atoms with Gasteiger partial charge in [0.1, 0.15) is 46.6 Å². The largest absolute Gasteiger partial charge is 0.508 e. The van der Waals surface area contributed by atoms with Crippen LogP contribution in [0, 0.1) is 0 Å². The Morgan fingerprint density at radius 3 is 2.34 bits per heavy atom. The number of phenolic OH excluding ortho intramolecular Hbond substituents is 3. The van der Waals surface area contributed by atoms with E-state index in [-0.39, 0.29) is 46.1 Å². The summed E-state index contributed by atoms with van der Waals surface area (Å²) in [5.74, 6) is -0.371. The molecule has 202 valence electrons. The standard InChI is InChI=1S/C15H10O5.C8H14N3O6P/c16-9-3-1-8(2-4-9)11-7-20-13-6-10(17)5-12(18)14(13)15(11)19;9-7-1-2-11(8(13)10-7)3-6(4-12)17-5-18(14,15)16/h1-7,16-18H;1-2,6,12H,3-5H2,(H2,9,10,13)(H2,14,15,16)/t;6-/m.0/s1. The van der Waals surface area contributed by atoms with Crippen LogP contribution in [0.4, 0.5) is 5.82 Å². The summed E-state index contributed by atoms with van der Waals surface area (Å²) in [6.45, 7) is -0.570. The Labute approximate surface area is 213 Å². The molecule has 2 heterocycles. The fourth-order valence-corrected chi connectivity index (χ4v) is 3.63. The second kappa shape index (κ2) is 11.9. The summed E-state index contributed by atoms with van der Waals surface area (Å²) in [4.78, 5) is 44.5. The van der Waals surface area contributed by atoms with Gasteiger partial charge in [0.2, 0.25) is 5.43 Å². The van der Waals surface area contributed by atoms with Crippen LogP contribution in [-0.2, 0) is 15.8 Å². The predicted molar refractivity (Wildman–Crippen MR) is 135 cm³/mol. The Bertz CT molecular complexity index is 1580. The van der Waals surface area contributed by atoms with Crippen molar-refractivity contribution < 1.29 is 43.9 Å². The van der Waals surface area contributed by atoms with Gasteiger partial charge in [0, 0.05) is 18.3 Å². The van der Waals surface area contributed by atoms with Crippen LogP contribution < -0.4 is 16.9 Å². The molecule has 0 fully saturated rings. The Balaban J connectivity index is 0.000000212. The number of nitrogens with zero attached hydrogens (tertiary/aromatic N) is 2. The van der Waals surface area contributed by atoms with E-state index in [4.69, 9.17) is 29.8 Å². The number of benzene rings is 2. The van der Waals surface area contributed by atoms with E-state index in [1.165, 1.54) is 36.7 Å². The van der Waals surface area contributed by atoms with E-state index in [0.29, 0.717) is 5.56 Å². The molecule has 2 aromatic carbocycles. The van der Waals surface area contributed by atoms with E-state index >= 15 is 0 Å². The van der Waals surface area contributed by atoms with Crippen molar-refractivity contribution in [2.75, 3.05) is 18.7 Å². The molecule has 0 saturated carbocycles. The molecule has 14 nitrogen and oxygen atoms in total. The smallest absolute Gasteiger partial charge is 0.350 e. The molecule has 0 spiro atoms. The number of aliphatic hydroxyl groups is 1. The lowest BCUT2D eigenvalue weighted by molar-refractivity contribution is 0.0188. The monoisotopic (exact) mass is 549 g/mol. The number of rotatable bonds is 7. The quantitative estimate of drug-likeness (QED) is 0.159. The van der Waals surface area contributed by atoms with Crippen LogP contribution in [0.2, 0.25) is 0 Å². The van der Waals surface area contributed by atoms with Gasteiger partial charge in [-0.3, -0.25) is 13.9 Å². The lowest BCUT2D eigenvalue weighted by Gasteiger charge is -2.16. The second-order valence-corrected chi connectivity index (χ2v) is 9.50. The lowest BCUT2D eigenvalue weighted by Crippen LogP contribution is -2.32. The van der Waals surface area contributed by atoms with Crippen LogP contribution in [0.25, 0.3) is 22.1 Å². The number of nitrogen functional groups attached to an aromatic ring is 1. The molecule has 15 heteroatoms. The summed E-state index contributed by atoms with van der Waals surface area (Å²) in [7, 11) is -4.31. The third-order valence-corrected chi connectivity index (χ3v) is 5.48. The first-order valence-corrected chi connectivity index (χ1v) is 12.5. The molecule has 38 heavy (non-hydrogen) atoms. The average Bonchev–Trinajstić information content (AvgIpc) is 2.83. The Morgan fingerprint density at radius 1 is 1.05 bits per heavy atom. The topological polar surface area (TPSA) is 239 Å². The van der Waals surface area contributed by atoms with Crippen LogP contribution in [0.5, 0.6) is 17.2 Å². The molecule has 0 aliphatic carbocycles. The van der Waals surface area contributed by atoms with E-state index in [9.17, 15) is 29.5 Å². The minimum Gasteiger partial charge on any atom is -0.508 e. The van der Waals surface area contributed by atoms with Crippen molar-refractivity contribution >= 4 is 24.4 Å². The molecule has 0 unspecified atom stereocenters. The molecule has 0 saturated heterocycles. The molecule has 0 amide bonds. The maximum absolute atomic E-state index is 12.4. The van der Waals surface area contributed by atoms with Crippen LogP contribution in [0.3, 0.4) is 0 Å². The third kappa shape index (κ3) is 7.41. The fraction of sp³-hybridized carbons (Fsp3) is 0.174. The van der Waals surface area contributed by atoms with Gasteiger partial charge in [-0.15, -0.1) is 0 Å². The first-order valence-electron chi connectivity index (χ1n) is 10.7. The zero-order valence-electron chi connectivity index (χ0n) is 19.5. The highest BCUT2D eigenvalue weighted by atomic mass is 31.2. The number of aromatic nitrogens is 2. The van der Waals surface area contributed by atoms with Crippen LogP contribution in [0.15, 0.2) is 68.9 Å². The highest BCUT2D eigenvalue weighted by Gasteiger charge is 2.18. The molecule has 8 N–H and O–H groups in total. The molecule has 2 aromatic heterocycles. The number of fused-ring (bicyclic) bond motifs is 1. The van der Waals surface area contributed by atoms with Crippen molar-refractivity contribution in [3.05, 3.63) is 75.6 Å². The summed E-state index contributed by atoms with van der Waals surface area (Å²) in [5, 5.41) is 37.4. The second-order valence-electron chi connectivity index (χ2n) is 7.92. The van der Waals surface area contributed by atoms with E-state index in [1.54, 1.807) is 12.1 Å². The molecule has 0 radical (unpaired) electrons. The molecule has 4 rings (SSSR count). The number of ether oxygens (including phenoxy) is 1. The Hall–Kier alpha value is -4.20. The SMILES string of the molecule is Nc1ccn(C[C@@H](CO)OCP(=O)(O)O)c(=O)n1.O=c1c(-c2ccc(O)cc2)coc2cc(O)cc(O)c12. The molecular formula is C23H24N3O11P. The maximum Gasteiger partial charge on any atom is 0.350 e. The zero-order chi connectivity index (χ0) is 28.0. The van der Waals surface area contributed by atoms with Crippen LogP contribution in [-0.4, -0.2) is 58.8 Å². The summed E-state index contributed by atoms with van der Waals surface area (Å²) in [6, 6.07) is 9.79. The Kier molecular flexibility index (Phi) is 8.88. The van der Waals surface area contributed by atoms with Gasteiger partial charge in [-0.1, -0.05) is 12.1 Å². The van der Waals surface area contributed by atoms with Gasteiger partial charge in [-0.2, -0.15) is 4.98 Å². The predicted octanol–water partition coefficient (Wildman–Crippen LogP) is 0.915. The fourth-order valence-electron chi connectivity index (χ4n) is 3.22. The minimum atomic E-state index is -4.31. The van der Waals surface area contributed by atoms with Gasteiger partial charge in [-0.25, -0.2) is 4.79 Å². The molecular weight excluding hydrogens is 525 g/mol. The number of hydrogen-bond acceptors (Lipinski definition) is 11. The summed E-state index contributed by atoms with van der Waals surface area (Å²) >= 11 is 0. The average molecular weight is 549 g/mol. The molecule has 1 atom stereocenters. The van der Waals surface area contributed by atoms with Crippen molar-refractivity contribution in [1.82, 2.24) is 9.55 Å². The molecule has 0 aliphatic heterocycles. The third-order valence-electron chi connectivity index (χ3n) is 5.00. The zero-order valence-corrected chi connectivity index (χ0v) is 20.4. The van der Waals surface area contributed by atoms with Gasteiger partial charge in [0.25, 0.3) is 0 Å². The number of anilines is 1. The van der Waals surface area contributed by atoms with E-state index in [0.717, 1.165) is 10.6 Å². The van der Waals surface area contributed by atoms with Crippen molar-refractivity contribution in [1.29, 1.82) is 0 Å². The highest BCUT2D eigenvalue weighted by molar-refractivity contribution is 7.51. The van der Waals surface area contributed by atoms with Crippen molar-refractivity contribution in [2.24, 2.45) is 0 Å². The van der Waals surface area contributed by atoms with Crippen molar-refractivity contribution in [3.63, 3.8) is 0 Å². The number of aliphatic hydroxyl groups excluding tert-OH is 1. The summed E-state index contributed by atoms with van der Waals surface area (Å²) in [5.41, 5.74) is 5.19. The van der Waals surface area contributed by atoms with Crippen LogP contribution >= 0.6 is 7.60 Å². The first kappa shape index (κ1) is 28.4. The van der Waals surface area contributed by atoms with Gasteiger partial charge in [0.05, 0.1) is 24.8 Å². The van der Waals surface area contributed by atoms with Gasteiger partial charge in [-0.05, 0) is 23.8 Å². The number of phenols is 3. The summed E-state index contributed by atoms with van der Waals surface area (Å²) < 4.78 is 21.8. The number of aromatic hydroxyl groups is 3. The molecule has 4 aromatic rings. The lowest BCUT2D eigenvalue weighted by atomic mass is 10.0. The normalized spacial score (nSPS) is 12.1. The van der Waals surface area contributed by atoms with E-state index in [1.807, 2.05) is 0 Å². The van der Waals surface area contributed by atoms with Gasteiger partial charge in [0.15, 0.2) is 0 Å². The van der Waals surface area contributed by atoms with E-state index < -0.39 is 37.8 Å². The number of hydrogen-bond donors (Lipinski definition) is 7. The molecule has 0 aliphatic rings. The van der Waals surface area contributed by atoms with E-state index in [2.05, 4.69) is 4.98 Å². The van der Waals surface area contributed by atoms with Crippen molar-refractivity contribution in [2.45, 2.75) is 12.6 Å². The van der Waals surface area contributed by atoms with Crippen LogP contribution in [0.1, 0.15) is 0 Å².